The van der Waals surface area contributed by atoms with Gasteiger partial charge in [-0.15, -0.1) is 0 Å². The van der Waals surface area contributed by atoms with Crippen LogP contribution in [0.25, 0.3) is 5.69 Å². The highest BCUT2D eigenvalue weighted by atomic mass is 35.5. The number of aromatic hydroxyl groups is 1. The van der Waals surface area contributed by atoms with Gasteiger partial charge in [0.2, 0.25) is 5.88 Å². The Bertz CT molecular complexity index is 1080. The van der Waals surface area contributed by atoms with Crippen LogP contribution in [0.15, 0.2) is 48.5 Å². The van der Waals surface area contributed by atoms with Gasteiger partial charge in [0, 0.05) is 6.07 Å². The van der Waals surface area contributed by atoms with E-state index in [2.05, 4.69) is 10.4 Å². The lowest BCUT2D eigenvalue weighted by atomic mass is 10.0. The third kappa shape index (κ3) is 4.64. The highest BCUT2D eigenvalue weighted by Crippen LogP contribution is 2.32. The molecule has 7 nitrogen and oxygen atoms in total. The molecule has 0 spiro atoms. The molecule has 3 rings (SSSR count). The molecule has 0 aliphatic heterocycles. The lowest BCUT2D eigenvalue weighted by Gasteiger charge is -2.18. The van der Waals surface area contributed by atoms with Crippen molar-refractivity contribution in [2.24, 2.45) is 0 Å². The lowest BCUT2D eigenvalue weighted by Crippen LogP contribution is -2.30. The summed E-state index contributed by atoms with van der Waals surface area (Å²) < 4.78 is 1.11. The van der Waals surface area contributed by atoms with E-state index < -0.39 is 24.3 Å². The number of halogens is 3. The molecule has 3 aromatic rings. The van der Waals surface area contributed by atoms with Gasteiger partial charge in [-0.05, 0) is 23.8 Å². The number of rotatable bonds is 6. The highest BCUT2D eigenvalue weighted by molar-refractivity contribution is 6.42. The van der Waals surface area contributed by atoms with E-state index in [0.717, 1.165) is 10.7 Å². The number of hydrogen-bond acceptors (Lipinski definition) is 4. The summed E-state index contributed by atoms with van der Waals surface area (Å²) in [5, 5.41) is 26.7. The zero-order chi connectivity index (χ0) is 21.1. The van der Waals surface area contributed by atoms with Crippen LogP contribution in [0.3, 0.4) is 0 Å². The minimum atomic E-state index is -1.14. The number of carbonyl (C=O) groups excluding carboxylic acids is 1. The van der Waals surface area contributed by atoms with Crippen molar-refractivity contribution in [2.75, 3.05) is 0 Å². The number of benzene rings is 2. The number of nitrogens with zero attached hydrogens (tertiary/aromatic N) is 2. The van der Waals surface area contributed by atoms with Gasteiger partial charge in [-0.1, -0.05) is 59.1 Å². The SMILES string of the molecule is O=C(O)C[C@H](NC(=O)c1cc(O)n(-c2ccccc2Cl)n1)c1cccc(Cl)c1Cl. The molecule has 0 unspecified atom stereocenters. The molecule has 0 saturated heterocycles. The van der Waals surface area contributed by atoms with Crippen LogP contribution in [0.4, 0.5) is 0 Å². The minimum absolute atomic E-state index is 0.129. The molecular formula is C19H14Cl3N3O4. The summed E-state index contributed by atoms with van der Waals surface area (Å²) >= 11 is 18.3. The first kappa shape index (κ1) is 21.0. The molecular weight excluding hydrogens is 441 g/mol. The highest BCUT2D eigenvalue weighted by Gasteiger charge is 2.24. The summed E-state index contributed by atoms with van der Waals surface area (Å²) in [6.07, 6.45) is -0.428. The Hall–Kier alpha value is -2.74. The number of carboxylic acids is 1. The predicted octanol–water partition coefficient (Wildman–Crippen LogP) is 4.48. The molecule has 1 aromatic heterocycles. The summed E-state index contributed by atoms with van der Waals surface area (Å²) in [7, 11) is 0. The summed E-state index contributed by atoms with van der Waals surface area (Å²) in [5.41, 5.74) is 0.603. The molecule has 0 aliphatic rings. The molecule has 0 fully saturated rings. The standard InChI is InChI=1S/C19H14Cl3N3O4/c20-11-5-1-2-7-15(11)25-16(26)8-14(24-25)19(29)23-13(9-17(27)28)10-4-3-6-12(21)18(10)22/h1-8,13,26H,9H2,(H,23,29)(H,27,28)/t13-/m0/s1. The van der Waals surface area contributed by atoms with Crippen LogP contribution in [0.2, 0.25) is 15.1 Å². The Kier molecular flexibility index (Phi) is 6.32. The van der Waals surface area contributed by atoms with Gasteiger partial charge in [-0.2, -0.15) is 9.78 Å². The average Bonchev–Trinajstić information content (AvgIpc) is 3.05. The van der Waals surface area contributed by atoms with Gasteiger partial charge >= 0.3 is 5.97 Å². The minimum Gasteiger partial charge on any atom is -0.493 e. The first-order valence-corrected chi connectivity index (χ1v) is 9.41. The molecule has 1 atom stereocenters. The molecule has 0 saturated carbocycles. The van der Waals surface area contributed by atoms with Crippen LogP contribution in [0.5, 0.6) is 5.88 Å². The lowest BCUT2D eigenvalue weighted by molar-refractivity contribution is -0.137. The Labute approximate surface area is 180 Å². The maximum Gasteiger partial charge on any atom is 0.305 e. The van der Waals surface area contributed by atoms with Gasteiger partial charge in [-0.3, -0.25) is 9.59 Å². The van der Waals surface area contributed by atoms with E-state index in [1.165, 1.54) is 0 Å². The van der Waals surface area contributed by atoms with E-state index in [1.807, 2.05) is 0 Å². The van der Waals surface area contributed by atoms with Crippen molar-refractivity contribution in [2.45, 2.75) is 12.5 Å². The molecule has 0 bridgehead atoms. The zero-order valence-corrected chi connectivity index (χ0v) is 16.9. The second kappa shape index (κ2) is 8.73. The number of aromatic nitrogens is 2. The van der Waals surface area contributed by atoms with Crippen LogP contribution < -0.4 is 5.32 Å². The number of hydrogen-bond donors (Lipinski definition) is 3. The summed E-state index contributed by atoms with van der Waals surface area (Å²) in [6.45, 7) is 0. The first-order valence-electron chi connectivity index (χ1n) is 8.28. The van der Waals surface area contributed by atoms with Crippen LogP contribution in [0, 0.1) is 0 Å². The maximum absolute atomic E-state index is 12.7. The van der Waals surface area contributed by atoms with Crippen molar-refractivity contribution in [1.29, 1.82) is 0 Å². The fraction of sp³-hybridized carbons (Fsp3) is 0.105. The first-order chi connectivity index (χ1) is 13.8. The quantitative estimate of drug-likeness (QED) is 0.509. The van der Waals surface area contributed by atoms with E-state index in [-0.39, 0.29) is 21.6 Å². The monoisotopic (exact) mass is 453 g/mol. The largest absolute Gasteiger partial charge is 0.493 e. The molecule has 10 heteroatoms. The van der Waals surface area contributed by atoms with Crippen molar-refractivity contribution < 1.29 is 19.8 Å². The number of amides is 1. The van der Waals surface area contributed by atoms with Gasteiger partial charge < -0.3 is 15.5 Å². The number of carboxylic acid groups (broad SMARTS) is 1. The normalized spacial score (nSPS) is 11.8. The van der Waals surface area contributed by atoms with E-state index in [9.17, 15) is 19.8 Å². The Balaban J connectivity index is 1.91. The van der Waals surface area contributed by atoms with Crippen molar-refractivity contribution >= 4 is 46.7 Å². The molecule has 0 aliphatic carbocycles. The van der Waals surface area contributed by atoms with Gasteiger partial charge in [-0.25, -0.2) is 0 Å². The number of carbonyl (C=O) groups is 2. The Morgan fingerprint density at radius 3 is 2.45 bits per heavy atom. The van der Waals surface area contributed by atoms with E-state index in [0.29, 0.717) is 16.3 Å². The van der Waals surface area contributed by atoms with Crippen molar-refractivity contribution in [3.8, 4) is 11.6 Å². The Morgan fingerprint density at radius 1 is 1.07 bits per heavy atom. The third-order valence-corrected chi connectivity index (χ3v) is 5.20. The van der Waals surface area contributed by atoms with Crippen molar-refractivity contribution in [3.05, 3.63) is 74.9 Å². The van der Waals surface area contributed by atoms with Gasteiger partial charge in [0.15, 0.2) is 5.69 Å². The van der Waals surface area contributed by atoms with E-state index in [1.54, 1.807) is 42.5 Å². The van der Waals surface area contributed by atoms with Crippen molar-refractivity contribution in [1.82, 2.24) is 15.1 Å². The molecule has 0 radical (unpaired) electrons. The summed E-state index contributed by atoms with van der Waals surface area (Å²) in [6, 6.07) is 11.6. The smallest absolute Gasteiger partial charge is 0.305 e. The van der Waals surface area contributed by atoms with E-state index >= 15 is 0 Å². The summed E-state index contributed by atoms with van der Waals surface area (Å²) in [4.78, 5) is 24.0. The fourth-order valence-corrected chi connectivity index (χ4v) is 3.37. The van der Waals surface area contributed by atoms with Gasteiger partial charge in [0.25, 0.3) is 5.91 Å². The second-order valence-electron chi connectivity index (χ2n) is 6.02. The number of nitrogens with one attached hydrogen (secondary N) is 1. The Morgan fingerprint density at radius 2 is 1.76 bits per heavy atom. The fourth-order valence-electron chi connectivity index (χ4n) is 2.72. The molecule has 2 aromatic carbocycles. The summed E-state index contributed by atoms with van der Waals surface area (Å²) in [5.74, 6) is -2.15. The van der Waals surface area contributed by atoms with Gasteiger partial charge in [0.05, 0.1) is 33.2 Å². The third-order valence-electron chi connectivity index (χ3n) is 4.04. The maximum atomic E-state index is 12.7. The predicted molar refractivity (Wildman–Crippen MR) is 109 cm³/mol. The topological polar surface area (TPSA) is 104 Å². The molecule has 1 heterocycles. The molecule has 1 amide bonds. The molecule has 150 valence electrons. The molecule has 3 N–H and O–H groups in total. The van der Waals surface area contributed by atoms with Crippen LogP contribution >= 0.6 is 34.8 Å². The number of para-hydroxylation sites is 1. The van der Waals surface area contributed by atoms with Crippen molar-refractivity contribution in [3.63, 3.8) is 0 Å². The van der Waals surface area contributed by atoms with Gasteiger partial charge in [0.1, 0.15) is 0 Å². The number of aliphatic carboxylic acids is 1. The average molecular weight is 455 g/mol. The van der Waals surface area contributed by atoms with Crippen LogP contribution in [-0.2, 0) is 4.79 Å². The van der Waals surface area contributed by atoms with Crippen LogP contribution in [0.1, 0.15) is 28.5 Å². The second-order valence-corrected chi connectivity index (χ2v) is 7.21. The zero-order valence-electron chi connectivity index (χ0n) is 14.6. The van der Waals surface area contributed by atoms with E-state index in [4.69, 9.17) is 34.8 Å². The molecule has 29 heavy (non-hydrogen) atoms. The van der Waals surface area contributed by atoms with Crippen LogP contribution in [-0.4, -0.2) is 31.9 Å².